The minimum Gasteiger partial charge on any atom is -0.393 e. The van der Waals surface area contributed by atoms with Crippen molar-refractivity contribution in [3.63, 3.8) is 0 Å². The van der Waals surface area contributed by atoms with Gasteiger partial charge in [-0.2, -0.15) is 0 Å². The molecule has 0 fully saturated rings. The summed E-state index contributed by atoms with van der Waals surface area (Å²) >= 11 is 0. The summed E-state index contributed by atoms with van der Waals surface area (Å²) in [5.74, 6) is 0. The first-order valence-corrected chi connectivity index (χ1v) is 6.19. The number of unbranched alkanes of at least 4 members (excludes halogenated alkanes) is 5. The van der Waals surface area contributed by atoms with E-state index in [1.54, 1.807) is 0 Å². The van der Waals surface area contributed by atoms with Gasteiger partial charge in [-0.25, -0.2) is 0 Å². The molecule has 0 radical (unpaired) electrons. The molecule has 0 rings (SSSR count). The number of nitrogens with two attached hydrogens (primary N) is 1. The fraction of sp³-hybridized carbons (Fsp3) is 1.00. The lowest BCUT2D eigenvalue weighted by molar-refractivity contribution is 0.148. The van der Waals surface area contributed by atoms with E-state index >= 15 is 0 Å². The highest BCUT2D eigenvalue weighted by Crippen LogP contribution is 2.10. The molecule has 1 unspecified atom stereocenters. The lowest BCUT2D eigenvalue weighted by Crippen LogP contribution is -2.05. The summed E-state index contributed by atoms with van der Waals surface area (Å²) < 4.78 is 0. The van der Waals surface area contributed by atoms with Crippen molar-refractivity contribution in [2.24, 2.45) is 5.73 Å². The third kappa shape index (κ3) is 10.0. The van der Waals surface area contributed by atoms with E-state index in [0.717, 1.165) is 32.2 Å². The summed E-state index contributed by atoms with van der Waals surface area (Å²) in [6.07, 6.45) is 10.4. The molecule has 0 aromatic rings. The van der Waals surface area contributed by atoms with Crippen LogP contribution in [0.3, 0.4) is 0 Å². The molecule has 0 aromatic carbocycles. The Bertz CT molecular complexity index is 106. The Balaban J connectivity index is 3.02. The van der Waals surface area contributed by atoms with E-state index in [1.165, 1.54) is 32.1 Å². The maximum atomic E-state index is 9.56. The maximum absolute atomic E-state index is 9.56. The van der Waals surface area contributed by atoms with Gasteiger partial charge in [0.25, 0.3) is 0 Å². The second-order valence-electron chi connectivity index (χ2n) is 4.14. The van der Waals surface area contributed by atoms with Gasteiger partial charge < -0.3 is 10.8 Å². The van der Waals surface area contributed by atoms with Crippen LogP contribution >= 0.6 is 0 Å². The van der Waals surface area contributed by atoms with Gasteiger partial charge in [0, 0.05) is 0 Å². The zero-order valence-corrected chi connectivity index (χ0v) is 9.67. The third-order valence-corrected chi connectivity index (χ3v) is 2.63. The zero-order chi connectivity index (χ0) is 10.6. The van der Waals surface area contributed by atoms with E-state index in [-0.39, 0.29) is 6.10 Å². The van der Waals surface area contributed by atoms with E-state index in [0.29, 0.717) is 0 Å². The Labute approximate surface area is 88.9 Å². The second kappa shape index (κ2) is 11.0. The predicted molar refractivity (Wildman–Crippen MR) is 62.3 cm³/mol. The largest absolute Gasteiger partial charge is 0.393 e. The van der Waals surface area contributed by atoms with E-state index in [2.05, 4.69) is 6.92 Å². The zero-order valence-electron chi connectivity index (χ0n) is 9.67. The van der Waals surface area contributed by atoms with Crippen LogP contribution in [0.25, 0.3) is 0 Å². The van der Waals surface area contributed by atoms with Crippen molar-refractivity contribution in [1.29, 1.82) is 0 Å². The Kier molecular flexibility index (Phi) is 10.9. The van der Waals surface area contributed by atoms with Crippen LogP contribution in [-0.2, 0) is 0 Å². The minimum atomic E-state index is -0.0514. The first kappa shape index (κ1) is 13.9. The standard InChI is InChI=1S/C12H27NO/c1-2-3-9-12(14)10-7-5-4-6-8-11-13/h12,14H,2-11,13H2,1H3. The first-order valence-electron chi connectivity index (χ1n) is 6.19. The van der Waals surface area contributed by atoms with Gasteiger partial charge in [-0.3, -0.25) is 0 Å². The molecule has 86 valence electrons. The second-order valence-corrected chi connectivity index (χ2v) is 4.14. The molecule has 0 spiro atoms. The predicted octanol–water partition coefficient (Wildman–Crippen LogP) is 2.84. The van der Waals surface area contributed by atoms with Crippen LogP contribution in [0, 0.1) is 0 Å². The Morgan fingerprint density at radius 2 is 1.50 bits per heavy atom. The molecular weight excluding hydrogens is 174 g/mol. The molecule has 0 heterocycles. The molecule has 2 nitrogen and oxygen atoms in total. The molecule has 0 bridgehead atoms. The van der Waals surface area contributed by atoms with Gasteiger partial charge >= 0.3 is 0 Å². The van der Waals surface area contributed by atoms with Gasteiger partial charge in [0.2, 0.25) is 0 Å². The molecule has 0 aliphatic carbocycles. The molecule has 0 aliphatic rings. The smallest absolute Gasteiger partial charge is 0.0540 e. The van der Waals surface area contributed by atoms with Crippen LogP contribution < -0.4 is 5.73 Å². The fourth-order valence-corrected chi connectivity index (χ4v) is 1.64. The van der Waals surface area contributed by atoms with Crippen LogP contribution in [-0.4, -0.2) is 17.8 Å². The van der Waals surface area contributed by atoms with Gasteiger partial charge in [0.05, 0.1) is 6.10 Å². The number of hydrogen-bond donors (Lipinski definition) is 2. The minimum absolute atomic E-state index is 0.0514. The quantitative estimate of drug-likeness (QED) is 0.534. The summed E-state index contributed by atoms with van der Waals surface area (Å²) in [4.78, 5) is 0. The molecule has 0 aromatic heterocycles. The van der Waals surface area contributed by atoms with Crippen molar-refractivity contribution in [3.8, 4) is 0 Å². The van der Waals surface area contributed by atoms with Crippen LogP contribution in [0.4, 0.5) is 0 Å². The van der Waals surface area contributed by atoms with Crippen molar-refractivity contribution in [2.45, 2.75) is 70.8 Å². The van der Waals surface area contributed by atoms with Crippen LogP contribution in [0.1, 0.15) is 64.7 Å². The van der Waals surface area contributed by atoms with E-state index < -0.39 is 0 Å². The molecule has 2 heteroatoms. The summed E-state index contributed by atoms with van der Waals surface area (Å²) in [6.45, 7) is 2.98. The number of hydrogen-bond acceptors (Lipinski definition) is 2. The lowest BCUT2D eigenvalue weighted by Gasteiger charge is -2.09. The van der Waals surface area contributed by atoms with Gasteiger partial charge in [0.15, 0.2) is 0 Å². The molecule has 14 heavy (non-hydrogen) atoms. The van der Waals surface area contributed by atoms with Crippen LogP contribution in [0.2, 0.25) is 0 Å². The Hall–Kier alpha value is -0.0800. The van der Waals surface area contributed by atoms with Gasteiger partial charge in [0.1, 0.15) is 0 Å². The van der Waals surface area contributed by atoms with Crippen molar-refractivity contribution >= 4 is 0 Å². The average Bonchev–Trinajstić information content (AvgIpc) is 2.20. The van der Waals surface area contributed by atoms with Crippen molar-refractivity contribution in [3.05, 3.63) is 0 Å². The third-order valence-electron chi connectivity index (χ3n) is 2.63. The summed E-state index contributed by atoms with van der Waals surface area (Å²) in [7, 11) is 0. The van der Waals surface area contributed by atoms with E-state index in [9.17, 15) is 5.11 Å². The van der Waals surface area contributed by atoms with Crippen molar-refractivity contribution < 1.29 is 5.11 Å². The van der Waals surface area contributed by atoms with E-state index in [4.69, 9.17) is 5.73 Å². The van der Waals surface area contributed by atoms with Gasteiger partial charge in [-0.05, 0) is 25.8 Å². The molecule has 3 N–H and O–H groups in total. The highest BCUT2D eigenvalue weighted by Gasteiger charge is 2.02. The van der Waals surface area contributed by atoms with Crippen LogP contribution in [0.15, 0.2) is 0 Å². The molecule has 1 atom stereocenters. The van der Waals surface area contributed by atoms with E-state index in [1.807, 2.05) is 0 Å². The average molecular weight is 201 g/mol. The molecule has 0 saturated heterocycles. The summed E-state index contributed by atoms with van der Waals surface area (Å²) in [5.41, 5.74) is 5.41. The molecule has 0 saturated carbocycles. The summed E-state index contributed by atoms with van der Waals surface area (Å²) in [5, 5.41) is 9.56. The monoisotopic (exact) mass is 201 g/mol. The Morgan fingerprint density at radius 1 is 0.929 bits per heavy atom. The number of aliphatic hydroxyl groups is 1. The van der Waals surface area contributed by atoms with Crippen LogP contribution in [0.5, 0.6) is 0 Å². The Morgan fingerprint density at radius 3 is 2.14 bits per heavy atom. The number of aliphatic hydroxyl groups excluding tert-OH is 1. The van der Waals surface area contributed by atoms with Crippen molar-refractivity contribution in [2.75, 3.05) is 6.54 Å². The topological polar surface area (TPSA) is 46.2 Å². The highest BCUT2D eigenvalue weighted by atomic mass is 16.3. The molecular formula is C12H27NO. The summed E-state index contributed by atoms with van der Waals surface area (Å²) in [6, 6.07) is 0. The molecule has 0 aliphatic heterocycles. The van der Waals surface area contributed by atoms with Crippen molar-refractivity contribution in [1.82, 2.24) is 0 Å². The first-order chi connectivity index (χ1) is 6.81. The SMILES string of the molecule is CCCCC(O)CCCCCCCN. The molecule has 0 amide bonds. The fourth-order valence-electron chi connectivity index (χ4n) is 1.64. The van der Waals surface area contributed by atoms with Gasteiger partial charge in [-0.15, -0.1) is 0 Å². The maximum Gasteiger partial charge on any atom is 0.0540 e. The van der Waals surface area contributed by atoms with Gasteiger partial charge in [-0.1, -0.05) is 45.4 Å². The normalized spacial score (nSPS) is 13.1. The lowest BCUT2D eigenvalue weighted by atomic mass is 10.0. The number of rotatable bonds is 10. The highest BCUT2D eigenvalue weighted by molar-refractivity contribution is 4.56.